The predicted molar refractivity (Wildman–Crippen MR) is 66.9 cm³/mol. The Morgan fingerprint density at radius 1 is 1.41 bits per heavy atom. The van der Waals surface area contributed by atoms with Gasteiger partial charge in [-0.15, -0.1) is 5.10 Å². The van der Waals surface area contributed by atoms with Gasteiger partial charge in [-0.05, 0) is 27.6 Å². The van der Waals surface area contributed by atoms with Crippen LogP contribution in [0.25, 0.3) is 0 Å². The molecule has 17 heavy (non-hydrogen) atoms. The molecule has 2 atom stereocenters. The van der Waals surface area contributed by atoms with Crippen molar-refractivity contribution in [2.24, 2.45) is 0 Å². The molecule has 0 saturated heterocycles. The Bertz CT molecular complexity index is 572. The number of hydrogen-bond acceptors (Lipinski definition) is 3. The first-order valence-corrected chi connectivity index (χ1v) is 6.38. The minimum Gasteiger partial charge on any atom is -0.385 e. The van der Waals surface area contributed by atoms with Gasteiger partial charge in [0.1, 0.15) is 6.10 Å². The van der Waals surface area contributed by atoms with Crippen LogP contribution in [-0.2, 0) is 0 Å². The second kappa shape index (κ2) is 4.08. The highest BCUT2D eigenvalue weighted by molar-refractivity contribution is 9.10. The minimum absolute atomic E-state index is 0.0486. The maximum absolute atomic E-state index is 9.93. The summed E-state index contributed by atoms with van der Waals surface area (Å²) in [5.41, 5.74) is 0.962. The van der Waals surface area contributed by atoms with Crippen LogP contribution in [0.2, 0.25) is 5.02 Å². The SMILES string of the molecule is OC1CC(c2ccccc2Cl)n2nc(Br)nc21. The van der Waals surface area contributed by atoms with E-state index in [9.17, 15) is 5.11 Å². The second-order valence-electron chi connectivity index (χ2n) is 3.97. The van der Waals surface area contributed by atoms with Gasteiger partial charge in [-0.3, -0.25) is 0 Å². The van der Waals surface area contributed by atoms with Crippen molar-refractivity contribution in [3.63, 3.8) is 0 Å². The Labute approximate surface area is 111 Å². The van der Waals surface area contributed by atoms with Crippen molar-refractivity contribution in [2.75, 3.05) is 0 Å². The van der Waals surface area contributed by atoms with Crippen molar-refractivity contribution in [1.29, 1.82) is 0 Å². The predicted octanol–water partition coefficient (Wildman–Crippen LogP) is 2.72. The van der Waals surface area contributed by atoms with Gasteiger partial charge in [-0.25, -0.2) is 9.67 Å². The molecule has 2 heterocycles. The topological polar surface area (TPSA) is 50.9 Å². The van der Waals surface area contributed by atoms with Crippen molar-refractivity contribution in [3.05, 3.63) is 45.4 Å². The number of rotatable bonds is 1. The lowest BCUT2D eigenvalue weighted by molar-refractivity contribution is 0.172. The van der Waals surface area contributed by atoms with E-state index in [2.05, 4.69) is 26.0 Å². The summed E-state index contributed by atoms with van der Waals surface area (Å²) in [6.07, 6.45) is -0.0260. The number of fused-ring (bicyclic) bond motifs is 1. The van der Waals surface area contributed by atoms with Gasteiger partial charge < -0.3 is 5.11 Å². The average molecular weight is 315 g/mol. The number of aliphatic hydroxyl groups excluding tert-OH is 1. The third-order valence-electron chi connectivity index (χ3n) is 2.94. The molecule has 1 aromatic heterocycles. The third-order valence-corrected chi connectivity index (χ3v) is 3.62. The van der Waals surface area contributed by atoms with Gasteiger partial charge in [0.25, 0.3) is 0 Å². The Hall–Kier alpha value is -0.910. The van der Waals surface area contributed by atoms with E-state index in [0.717, 1.165) is 5.56 Å². The zero-order chi connectivity index (χ0) is 12.0. The second-order valence-corrected chi connectivity index (χ2v) is 5.09. The number of halogens is 2. The van der Waals surface area contributed by atoms with Gasteiger partial charge in [-0.2, -0.15) is 0 Å². The van der Waals surface area contributed by atoms with Gasteiger partial charge in [0.15, 0.2) is 5.82 Å². The van der Waals surface area contributed by atoms with Crippen LogP contribution in [0.1, 0.15) is 30.0 Å². The van der Waals surface area contributed by atoms with Crippen molar-refractivity contribution < 1.29 is 5.11 Å². The molecule has 0 saturated carbocycles. The number of aromatic nitrogens is 3. The van der Waals surface area contributed by atoms with Crippen molar-refractivity contribution >= 4 is 27.5 Å². The highest BCUT2D eigenvalue weighted by atomic mass is 79.9. The maximum Gasteiger partial charge on any atom is 0.217 e. The van der Waals surface area contributed by atoms with E-state index >= 15 is 0 Å². The fraction of sp³-hybridized carbons (Fsp3) is 0.273. The first kappa shape index (κ1) is 11.2. The number of aliphatic hydroxyl groups is 1. The maximum atomic E-state index is 9.93. The quantitative estimate of drug-likeness (QED) is 0.880. The smallest absolute Gasteiger partial charge is 0.217 e. The van der Waals surface area contributed by atoms with Crippen LogP contribution in [0.15, 0.2) is 29.0 Å². The van der Waals surface area contributed by atoms with E-state index < -0.39 is 6.10 Å². The van der Waals surface area contributed by atoms with E-state index in [-0.39, 0.29) is 6.04 Å². The monoisotopic (exact) mass is 313 g/mol. The number of benzene rings is 1. The van der Waals surface area contributed by atoms with Gasteiger partial charge in [0, 0.05) is 11.4 Å². The van der Waals surface area contributed by atoms with Gasteiger partial charge in [-0.1, -0.05) is 29.8 Å². The molecule has 1 aromatic carbocycles. The van der Waals surface area contributed by atoms with Crippen LogP contribution in [0, 0.1) is 0 Å². The molecule has 0 amide bonds. The first-order chi connectivity index (χ1) is 8.16. The first-order valence-electron chi connectivity index (χ1n) is 5.21. The molecule has 1 N–H and O–H groups in total. The molecule has 0 aliphatic carbocycles. The summed E-state index contributed by atoms with van der Waals surface area (Å²) >= 11 is 9.39. The van der Waals surface area contributed by atoms with Crippen molar-refractivity contribution in [1.82, 2.24) is 14.8 Å². The van der Waals surface area contributed by atoms with E-state index in [4.69, 9.17) is 11.6 Å². The molecule has 0 fully saturated rings. The van der Waals surface area contributed by atoms with Gasteiger partial charge in [0.05, 0.1) is 6.04 Å². The molecular formula is C11H9BrClN3O. The molecule has 0 radical (unpaired) electrons. The average Bonchev–Trinajstić information content (AvgIpc) is 2.80. The summed E-state index contributed by atoms with van der Waals surface area (Å²) < 4.78 is 2.22. The molecule has 2 unspecified atom stereocenters. The molecule has 4 nitrogen and oxygen atoms in total. The molecule has 0 spiro atoms. The van der Waals surface area contributed by atoms with Gasteiger partial charge in [0.2, 0.25) is 4.73 Å². The molecule has 88 valence electrons. The zero-order valence-corrected chi connectivity index (χ0v) is 11.1. The Balaban J connectivity index is 2.10. The molecule has 1 aliphatic heterocycles. The fourth-order valence-corrected chi connectivity index (χ4v) is 2.80. The summed E-state index contributed by atoms with van der Waals surface area (Å²) in [5.74, 6) is 0.585. The van der Waals surface area contributed by atoms with Crippen LogP contribution < -0.4 is 0 Å². The molecule has 0 bridgehead atoms. The molecule has 2 aromatic rings. The summed E-state index contributed by atoms with van der Waals surface area (Å²) in [4.78, 5) is 4.15. The number of nitrogens with zero attached hydrogens (tertiary/aromatic N) is 3. The Kier molecular flexibility index (Phi) is 2.69. The molecule has 3 rings (SSSR count). The molecule has 1 aliphatic rings. The molecule has 6 heteroatoms. The van der Waals surface area contributed by atoms with E-state index in [1.165, 1.54) is 0 Å². The van der Waals surface area contributed by atoms with E-state index in [1.807, 2.05) is 24.3 Å². The largest absolute Gasteiger partial charge is 0.385 e. The van der Waals surface area contributed by atoms with Crippen LogP contribution >= 0.6 is 27.5 Å². The highest BCUT2D eigenvalue weighted by Crippen LogP contribution is 2.39. The lowest BCUT2D eigenvalue weighted by atomic mass is 10.0. The summed E-state index contributed by atoms with van der Waals surface area (Å²) in [5, 5.41) is 14.9. The molecular weight excluding hydrogens is 305 g/mol. The normalized spacial score (nSPS) is 22.8. The number of hydrogen-bond donors (Lipinski definition) is 1. The standard InChI is InChI=1S/C11H9BrClN3O/c12-11-14-10-9(17)5-8(16(10)15-11)6-3-1-2-4-7(6)13/h1-4,8-9,17H,5H2. The van der Waals surface area contributed by atoms with Gasteiger partial charge >= 0.3 is 0 Å². The summed E-state index contributed by atoms with van der Waals surface area (Å²) in [6, 6.07) is 7.55. The van der Waals surface area contributed by atoms with Crippen molar-refractivity contribution in [2.45, 2.75) is 18.6 Å². The van der Waals surface area contributed by atoms with E-state index in [1.54, 1.807) is 4.68 Å². The lowest BCUT2D eigenvalue weighted by Crippen LogP contribution is -2.07. The van der Waals surface area contributed by atoms with Crippen LogP contribution in [0.4, 0.5) is 0 Å². The lowest BCUT2D eigenvalue weighted by Gasteiger charge is -2.13. The van der Waals surface area contributed by atoms with Crippen LogP contribution in [0.5, 0.6) is 0 Å². The van der Waals surface area contributed by atoms with Crippen molar-refractivity contribution in [3.8, 4) is 0 Å². The summed E-state index contributed by atoms with van der Waals surface area (Å²) in [7, 11) is 0. The summed E-state index contributed by atoms with van der Waals surface area (Å²) in [6.45, 7) is 0. The highest BCUT2D eigenvalue weighted by Gasteiger charge is 2.34. The third kappa shape index (κ3) is 1.78. The van der Waals surface area contributed by atoms with E-state index in [0.29, 0.717) is 22.0 Å². The Morgan fingerprint density at radius 3 is 2.94 bits per heavy atom. The van der Waals surface area contributed by atoms with Crippen LogP contribution in [0.3, 0.4) is 0 Å². The van der Waals surface area contributed by atoms with Crippen LogP contribution in [-0.4, -0.2) is 19.9 Å². The Morgan fingerprint density at radius 2 is 2.18 bits per heavy atom. The fourth-order valence-electron chi connectivity index (χ4n) is 2.19. The minimum atomic E-state index is -0.588. The zero-order valence-electron chi connectivity index (χ0n) is 8.72.